The third kappa shape index (κ3) is 2.75. The van der Waals surface area contributed by atoms with Gasteiger partial charge in [0.15, 0.2) is 0 Å². The second-order valence-corrected chi connectivity index (χ2v) is 6.48. The molecule has 20 heavy (non-hydrogen) atoms. The monoisotopic (exact) mass is 271 g/mol. The Bertz CT molecular complexity index is 598. The largest absolute Gasteiger partial charge is 0.423 e. The fourth-order valence-corrected chi connectivity index (χ4v) is 2.50. The maximum Gasteiger partial charge on any atom is 0.230 e. The first-order chi connectivity index (χ1) is 9.52. The predicted octanol–water partition coefficient (Wildman–Crippen LogP) is 2.93. The summed E-state index contributed by atoms with van der Waals surface area (Å²) in [5, 5.41) is 8.33. The van der Waals surface area contributed by atoms with E-state index >= 15 is 0 Å². The Morgan fingerprint density at radius 1 is 1.15 bits per heavy atom. The first-order valence-electron chi connectivity index (χ1n) is 7.14. The van der Waals surface area contributed by atoms with Crippen molar-refractivity contribution in [3.8, 4) is 0 Å². The highest BCUT2D eigenvalue weighted by Gasteiger charge is 2.23. The molecule has 0 saturated heterocycles. The van der Waals surface area contributed by atoms with Crippen LogP contribution in [-0.4, -0.2) is 21.6 Å². The molecule has 0 saturated carbocycles. The number of hydrogen-bond acceptors (Lipinski definition) is 4. The van der Waals surface area contributed by atoms with Gasteiger partial charge in [0.2, 0.25) is 11.8 Å². The van der Waals surface area contributed by atoms with Crippen molar-refractivity contribution in [2.75, 3.05) is 6.54 Å². The Labute approximate surface area is 119 Å². The lowest BCUT2D eigenvalue weighted by Gasteiger charge is -2.27. The number of aromatic nitrogens is 2. The zero-order valence-corrected chi connectivity index (χ0v) is 12.4. The lowest BCUT2D eigenvalue weighted by molar-refractivity contribution is 0.216. The summed E-state index contributed by atoms with van der Waals surface area (Å²) in [6.07, 6.45) is 1.09. The number of nitrogens with zero attached hydrogens (tertiary/aromatic N) is 3. The molecule has 0 radical (unpaired) electrons. The average Bonchev–Trinajstić information content (AvgIpc) is 2.87. The van der Waals surface area contributed by atoms with E-state index in [0.717, 1.165) is 26.1 Å². The summed E-state index contributed by atoms with van der Waals surface area (Å²) >= 11 is 0. The summed E-state index contributed by atoms with van der Waals surface area (Å²) in [6.45, 7) is 9.00. The van der Waals surface area contributed by atoms with Gasteiger partial charge >= 0.3 is 0 Å². The van der Waals surface area contributed by atoms with Crippen LogP contribution in [0.25, 0.3) is 0 Å². The minimum absolute atomic E-state index is 0.0836. The number of benzene rings is 1. The van der Waals surface area contributed by atoms with Gasteiger partial charge in [0.25, 0.3) is 0 Å². The van der Waals surface area contributed by atoms with Crippen LogP contribution in [0.2, 0.25) is 0 Å². The van der Waals surface area contributed by atoms with Crippen molar-refractivity contribution in [2.45, 2.75) is 45.7 Å². The molecule has 0 unspecified atom stereocenters. The number of hydrogen-bond donors (Lipinski definition) is 0. The van der Waals surface area contributed by atoms with E-state index in [1.165, 1.54) is 11.1 Å². The van der Waals surface area contributed by atoms with E-state index in [1.54, 1.807) is 0 Å². The Kier molecular flexibility index (Phi) is 3.34. The normalized spacial score (nSPS) is 16.1. The Balaban J connectivity index is 1.69. The van der Waals surface area contributed by atoms with Crippen molar-refractivity contribution in [3.05, 3.63) is 47.2 Å². The van der Waals surface area contributed by atoms with Gasteiger partial charge in [0.05, 0.1) is 6.54 Å². The molecular weight excluding hydrogens is 250 g/mol. The standard InChI is InChI=1S/C16H21N3O/c1-16(2,3)15-18-17-14(20-15)11-19-9-8-12-6-4-5-7-13(12)10-19/h4-7H,8-11H2,1-3H3. The highest BCUT2D eigenvalue weighted by molar-refractivity contribution is 5.29. The van der Waals surface area contributed by atoms with Crippen molar-refractivity contribution >= 4 is 0 Å². The highest BCUT2D eigenvalue weighted by atomic mass is 16.4. The molecule has 4 nitrogen and oxygen atoms in total. The van der Waals surface area contributed by atoms with Crippen molar-refractivity contribution in [3.63, 3.8) is 0 Å². The quantitative estimate of drug-likeness (QED) is 0.842. The van der Waals surface area contributed by atoms with Gasteiger partial charge in [-0.1, -0.05) is 45.0 Å². The van der Waals surface area contributed by atoms with Gasteiger partial charge in [0, 0.05) is 18.5 Å². The number of rotatable bonds is 2. The lowest BCUT2D eigenvalue weighted by Crippen LogP contribution is -2.30. The molecule has 1 aromatic carbocycles. The second kappa shape index (κ2) is 5.02. The highest BCUT2D eigenvalue weighted by Crippen LogP contribution is 2.23. The molecule has 1 aromatic heterocycles. The first kappa shape index (κ1) is 13.3. The van der Waals surface area contributed by atoms with Crippen LogP contribution in [0.3, 0.4) is 0 Å². The zero-order valence-electron chi connectivity index (χ0n) is 12.4. The zero-order chi connectivity index (χ0) is 14.2. The average molecular weight is 271 g/mol. The van der Waals surface area contributed by atoms with Crippen LogP contribution < -0.4 is 0 Å². The topological polar surface area (TPSA) is 42.2 Å². The summed E-state index contributed by atoms with van der Waals surface area (Å²) in [5.41, 5.74) is 2.79. The van der Waals surface area contributed by atoms with E-state index in [0.29, 0.717) is 11.8 Å². The predicted molar refractivity (Wildman–Crippen MR) is 77.3 cm³/mol. The van der Waals surface area contributed by atoms with Gasteiger partial charge in [-0.25, -0.2) is 0 Å². The molecule has 0 bridgehead atoms. The van der Waals surface area contributed by atoms with Gasteiger partial charge in [-0.15, -0.1) is 10.2 Å². The van der Waals surface area contributed by atoms with E-state index in [9.17, 15) is 0 Å². The van der Waals surface area contributed by atoms with E-state index in [4.69, 9.17) is 4.42 Å². The molecule has 4 heteroatoms. The van der Waals surface area contributed by atoms with Crippen LogP contribution in [0.4, 0.5) is 0 Å². The van der Waals surface area contributed by atoms with Gasteiger partial charge in [0.1, 0.15) is 0 Å². The maximum absolute atomic E-state index is 5.77. The smallest absolute Gasteiger partial charge is 0.230 e. The van der Waals surface area contributed by atoms with Gasteiger partial charge < -0.3 is 4.42 Å². The van der Waals surface area contributed by atoms with Crippen LogP contribution >= 0.6 is 0 Å². The summed E-state index contributed by atoms with van der Waals surface area (Å²) < 4.78 is 5.77. The van der Waals surface area contributed by atoms with E-state index in [1.807, 2.05) is 0 Å². The minimum Gasteiger partial charge on any atom is -0.423 e. The van der Waals surface area contributed by atoms with Crippen LogP contribution in [0.15, 0.2) is 28.7 Å². The molecule has 1 aliphatic rings. The summed E-state index contributed by atoms with van der Waals surface area (Å²) in [5.74, 6) is 1.43. The second-order valence-electron chi connectivity index (χ2n) is 6.48. The van der Waals surface area contributed by atoms with Crippen LogP contribution in [-0.2, 0) is 24.9 Å². The molecule has 0 amide bonds. The SMILES string of the molecule is CC(C)(C)c1nnc(CN2CCc3ccccc3C2)o1. The van der Waals surface area contributed by atoms with Crippen molar-refractivity contribution in [2.24, 2.45) is 0 Å². The molecule has 0 spiro atoms. The summed E-state index contributed by atoms with van der Waals surface area (Å²) in [6, 6.07) is 8.64. The Hall–Kier alpha value is -1.68. The molecule has 2 heterocycles. The number of fused-ring (bicyclic) bond motifs is 1. The van der Waals surface area contributed by atoms with Gasteiger partial charge in [-0.05, 0) is 17.5 Å². The molecule has 0 atom stereocenters. The molecule has 2 aromatic rings. The maximum atomic E-state index is 5.77. The van der Waals surface area contributed by atoms with E-state index in [2.05, 4.69) is 60.1 Å². The van der Waals surface area contributed by atoms with Crippen LogP contribution in [0.1, 0.15) is 43.7 Å². The third-order valence-electron chi connectivity index (χ3n) is 3.68. The molecule has 1 aliphatic heterocycles. The first-order valence-corrected chi connectivity index (χ1v) is 7.14. The summed E-state index contributed by atoms with van der Waals surface area (Å²) in [4.78, 5) is 2.36. The molecule has 0 fully saturated rings. The molecular formula is C16H21N3O. The summed E-state index contributed by atoms with van der Waals surface area (Å²) in [7, 11) is 0. The Morgan fingerprint density at radius 3 is 2.60 bits per heavy atom. The molecule has 0 N–H and O–H groups in total. The minimum atomic E-state index is -0.0836. The lowest BCUT2D eigenvalue weighted by atomic mass is 9.97. The van der Waals surface area contributed by atoms with Crippen LogP contribution in [0, 0.1) is 0 Å². The Morgan fingerprint density at radius 2 is 1.90 bits per heavy atom. The molecule has 106 valence electrons. The van der Waals surface area contributed by atoms with Crippen molar-refractivity contribution < 1.29 is 4.42 Å². The third-order valence-corrected chi connectivity index (χ3v) is 3.68. The van der Waals surface area contributed by atoms with E-state index in [-0.39, 0.29) is 5.41 Å². The van der Waals surface area contributed by atoms with Gasteiger partial charge in [-0.3, -0.25) is 4.90 Å². The van der Waals surface area contributed by atoms with E-state index < -0.39 is 0 Å². The fraction of sp³-hybridized carbons (Fsp3) is 0.500. The molecule has 0 aliphatic carbocycles. The molecule has 3 rings (SSSR count). The van der Waals surface area contributed by atoms with Crippen LogP contribution in [0.5, 0.6) is 0 Å². The van der Waals surface area contributed by atoms with Crippen molar-refractivity contribution in [1.82, 2.24) is 15.1 Å². The fourth-order valence-electron chi connectivity index (χ4n) is 2.50. The van der Waals surface area contributed by atoms with Gasteiger partial charge in [-0.2, -0.15) is 0 Å². The van der Waals surface area contributed by atoms with Crippen molar-refractivity contribution in [1.29, 1.82) is 0 Å².